The summed E-state index contributed by atoms with van der Waals surface area (Å²) in [5.41, 5.74) is -1.57. The molecule has 3 N–H and O–H groups in total. The summed E-state index contributed by atoms with van der Waals surface area (Å²) in [5.74, 6) is -2.66. The van der Waals surface area contributed by atoms with Gasteiger partial charge >= 0.3 is 0 Å². The van der Waals surface area contributed by atoms with Crippen molar-refractivity contribution < 1.29 is 23.5 Å². The van der Waals surface area contributed by atoms with Gasteiger partial charge in [-0.2, -0.15) is 0 Å². The number of fused-ring (bicyclic) bond motifs is 1. The molecule has 2 heterocycles. The van der Waals surface area contributed by atoms with Crippen LogP contribution in [0.4, 0.5) is 20.3 Å². The van der Waals surface area contributed by atoms with Crippen molar-refractivity contribution in [3.8, 4) is 0 Å². The molecule has 10 heteroatoms. The van der Waals surface area contributed by atoms with Gasteiger partial charge in [-0.25, -0.2) is 13.8 Å². The van der Waals surface area contributed by atoms with Gasteiger partial charge in [0, 0.05) is 36.0 Å². The molecule has 1 atom stereocenters. The van der Waals surface area contributed by atoms with Gasteiger partial charge < -0.3 is 20.6 Å². The number of pyridine rings is 1. The second-order valence-corrected chi connectivity index (χ2v) is 11.3. The van der Waals surface area contributed by atoms with Crippen LogP contribution < -0.4 is 15.5 Å². The van der Waals surface area contributed by atoms with Gasteiger partial charge in [-0.15, -0.1) is 0 Å². The highest BCUT2D eigenvalue weighted by Crippen LogP contribution is 2.46. The number of hydrogen-bond donors (Lipinski definition) is 3. The lowest BCUT2D eigenvalue weighted by Gasteiger charge is -2.32. The predicted molar refractivity (Wildman–Crippen MR) is 147 cm³/mol. The Morgan fingerprint density at radius 2 is 1.73 bits per heavy atom. The van der Waals surface area contributed by atoms with E-state index in [9.17, 15) is 23.5 Å². The number of aliphatic hydroxyl groups is 1. The van der Waals surface area contributed by atoms with Gasteiger partial charge in [-0.3, -0.25) is 9.59 Å². The van der Waals surface area contributed by atoms with Crippen LogP contribution in [0.25, 0.3) is 0 Å². The number of nitrogens with zero attached hydrogens (tertiary/aromatic N) is 2. The van der Waals surface area contributed by atoms with Gasteiger partial charge in [-0.05, 0) is 62.6 Å². The maximum Gasteiger partial charge on any atom is 0.268 e. The van der Waals surface area contributed by atoms with Crippen LogP contribution in [-0.2, 0) is 10.4 Å². The number of nitrogens with one attached hydrogen (secondary N) is 2. The minimum Gasteiger partial charge on any atom is -0.372 e. The Morgan fingerprint density at radius 1 is 1.02 bits per heavy atom. The van der Waals surface area contributed by atoms with Crippen molar-refractivity contribution >= 4 is 34.9 Å². The first kappa shape index (κ1) is 26.7. The highest BCUT2D eigenvalue weighted by Gasteiger charge is 2.53. The lowest BCUT2D eigenvalue weighted by atomic mass is 9.85. The Bertz CT molecular complexity index is 1480. The SMILES string of the molecule is O=C(N[C@H]1CC[C@H](CN2C(=O)C(O)(c3cccc(F)c3F)c3ccccc32)CC1)c1cc(Cl)cnc1NC1CC1. The molecule has 0 radical (unpaired) electrons. The summed E-state index contributed by atoms with van der Waals surface area (Å²) in [6.07, 6.45) is 6.53. The summed E-state index contributed by atoms with van der Waals surface area (Å²) >= 11 is 6.12. The van der Waals surface area contributed by atoms with E-state index in [1.165, 1.54) is 23.2 Å². The van der Waals surface area contributed by atoms with Crippen molar-refractivity contribution in [3.05, 3.63) is 88.1 Å². The Labute approximate surface area is 235 Å². The molecule has 2 aromatic carbocycles. The average molecular weight is 567 g/mol. The molecule has 7 nitrogen and oxygen atoms in total. The lowest BCUT2D eigenvalue weighted by molar-refractivity contribution is -0.132. The van der Waals surface area contributed by atoms with Gasteiger partial charge in [0.15, 0.2) is 17.2 Å². The summed E-state index contributed by atoms with van der Waals surface area (Å²) in [7, 11) is 0. The second-order valence-electron chi connectivity index (χ2n) is 10.9. The maximum atomic E-state index is 14.8. The molecule has 2 amide bonds. The Kier molecular flexibility index (Phi) is 6.96. The molecule has 2 saturated carbocycles. The van der Waals surface area contributed by atoms with Crippen LogP contribution in [0.1, 0.15) is 60.0 Å². The number of anilines is 2. The van der Waals surface area contributed by atoms with Crippen molar-refractivity contribution in [3.63, 3.8) is 0 Å². The summed E-state index contributed by atoms with van der Waals surface area (Å²) in [5, 5.41) is 18.4. The number of carbonyl (C=O) groups excluding carboxylic acids is 2. The lowest BCUT2D eigenvalue weighted by Crippen LogP contribution is -2.45. The standard InChI is InChI=1S/C30H29ClF2N4O3/c31-18-14-21(27(34-15-18)35-19-12-13-19)28(38)36-20-10-8-17(9-11-20)16-37-25-7-2-1-4-22(25)30(40,29(37)39)23-5-3-6-24(32)26(23)33/h1-7,14-15,17,19-20,40H,8-13,16H2,(H,34,35)(H,36,38)/t17-,20-,30?. The number of benzene rings is 2. The number of hydrogen-bond acceptors (Lipinski definition) is 5. The van der Waals surface area contributed by atoms with Crippen molar-refractivity contribution in [2.45, 2.75) is 56.2 Å². The van der Waals surface area contributed by atoms with Gasteiger partial charge in [0.05, 0.1) is 16.3 Å². The van der Waals surface area contributed by atoms with Crippen LogP contribution in [0.15, 0.2) is 54.7 Å². The zero-order valence-electron chi connectivity index (χ0n) is 21.7. The van der Waals surface area contributed by atoms with E-state index in [1.54, 1.807) is 30.3 Å². The first-order valence-corrected chi connectivity index (χ1v) is 13.9. The smallest absolute Gasteiger partial charge is 0.268 e. The third-order valence-electron chi connectivity index (χ3n) is 8.12. The van der Waals surface area contributed by atoms with E-state index in [0.717, 1.165) is 31.7 Å². The largest absolute Gasteiger partial charge is 0.372 e. The number of rotatable bonds is 7. The van der Waals surface area contributed by atoms with Crippen molar-refractivity contribution in [1.29, 1.82) is 0 Å². The van der Waals surface area contributed by atoms with Gasteiger partial charge in [-0.1, -0.05) is 41.9 Å². The summed E-state index contributed by atoms with van der Waals surface area (Å²) in [4.78, 5) is 32.5. The highest BCUT2D eigenvalue weighted by atomic mass is 35.5. The minimum atomic E-state index is -2.31. The molecule has 208 valence electrons. The highest BCUT2D eigenvalue weighted by molar-refractivity contribution is 6.31. The normalized spacial score (nSPS) is 24.1. The van der Waals surface area contributed by atoms with Crippen LogP contribution in [0.3, 0.4) is 0 Å². The van der Waals surface area contributed by atoms with Crippen LogP contribution >= 0.6 is 11.6 Å². The Morgan fingerprint density at radius 3 is 2.48 bits per heavy atom. The fourth-order valence-corrected chi connectivity index (χ4v) is 5.98. The van der Waals surface area contributed by atoms with Crippen molar-refractivity contribution in [1.82, 2.24) is 10.3 Å². The number of amides is 2. The van der Waals surface area contributed by atoms with E-state index in [0.29, 0.717) is 47.5 Å². The van der Waals surface area contributed by atoms with E-state index in [-0.39, 0.29) is 23.4 Å². The molecule has 2 fully saturated rings. The summed E-state index contributed by atoms with van der Waals surface area (Å²) < 4.78 is 28.8. The second kappa shape index (κ2) is 10.4. The molecule has 2 aliphatic carbocycles. The van der Waals surface area contributed by atoms with E-state index in [4.69, 9.17) is 11.6 Å². The molecule has 1 aromatic heterocycles. The molecule has 3 aromatic rings. The zero-order valence-corrected chi connectivity index (χ0v) is 22.4. The fraction of sp³-hybridized carbons (Fsp3) is 0.367. The van der Waals surface area contributed by atoms with E-state index in [1.807, 2.05) is 0 Å². The number of para-hydroxylation sites is 1. The molecule has 0 saturated heterocycles. The topological polar surface area (TPSA) is 94.6 Å². The molecule has 1 aliphatic heterocycles. The Hall–Kier alpha value is -3.56. The molecular weight excluding hydrogens is 538 g/mol. The van der Waals surface area contributed by atoms with Gasteiger partial charge in [0.2, 0.25) is 0 Å². The first-order chi connectivity index (χ1) is 19.3. The number of carbonyl (C=O) groups is 2. The van der Waals surface area contributed by atoms with E-state index >= 15 is 0 Å². The van der Waals surface area contributed by atoms with Gasteiger partial charge in [0.25, 0.3) is 11.8 Å². The summed E-state index contributed by atoms with van der Waals surface area (Å²) in [6, 6.07) is 12.1. The Balaban J connectivity index is 1.13. The molecule has 1 unspecified atom stereocenters. The zero-order chi connectivity index (χ0) is 28.0. The minimum absolute atomic E-state index is 0.0450. The van der Waals surface area contributed by atoms with Crippen molar-refractivity contribution in [2.24, 2.45) is 5.92 Å². The number of aromatic nitrogens is 1. The van der Waals surface area contributed by atoms with Crippen LogP contribution in [0.5, 0.6) is 0 Å². The average Bonchev–Trinajstić information content (AvgIpc) is 3.75. The van der Waals surface area contributed by atoms with E-state index < -0.39 is 28.7 Å². The molecule has 40 heavy (non-hydrogen) atoms. The monoisotopic (exact) mass is 566 g/mol. The van der Waals surface area contributed by atoms with Gasteiger partial charge in [0.1, 0.15) is 5.82 Å². The van der Waals surface area contributed by atoms with Crippen LogP contribution in [0.2, 0.25) is 5.02 Å². The third kappa shape index (κ3) is 4.81. The molecule has 6 rings (SSSR count). The molecular formula is C30H29ClF2N4O3. The van der Waals surface area contributed by atoms with E-state index in [2.05, 4.69) is 15.6 Å². The molecule has 3 aliphatic rings. The fourth-order valence-electron chi connectivity index (χ4n) is 5.82. The van der Waals surface area contributed by atoms with Crippen molar-refractivity contribution in [2.75, 3.05) is 16.8 Å². The quantitative estimate of drug-likeness (QED) is 0.367. The predicted octanol–water partition coefficient (Wildman–Crippen LogP) is 5.16. The first-order valence-electron chi connectivity index (χ1n) is 13.6. The van der Waals surface area contributed by atoms with Crippen LogP contribution in [0, 0.1) is 17.6 Å². The molecule has 0 spiro atoms. The third-order valence-corrected chi connectivity index (χ3v) is 8.33. The molecule has 0 bridgehead atoms. The summed E-state index contributed by atoms with van der Waals surface area (Å²) in [6.45, 7) is 0.323. The number of halogens is 3. The maximum absolute atomic E-state index is 14.8. The van der Waals surface area contributed by atoms with Crippen LogP contribution in [-0.4, -0.2) is 40.5 Å².